The number of rotatable bonds is 34. The molecule has 0 amide bonds. The SMILES string of the molecule is CCCCCCCCCCCCc1ccccc1[I+]c1ccccc1CCCCCCCCCCCC.CCCCCCCCOc1ccc([I+]c2ccccc2)cc1.F[P-](F)(F)(F)(F)F.[F][Sb-]([F])([F])([F])([F])[F]. The zero-order valence-electron chi connectivity index (χ0n) is 43.4. The summed E-state index contributed by atoms with van der Waals surface area (Å²) in [6, 6.07) is 38.2. The summed E-state index contributed by atoms with van der Waals surface area (Å²) in [5, 5.41) is 0. The summed E-state index contributed by atoms with van der Waals surface area (Å²) in [5.74, 6) is 1.01. The zero-order valence-corrected chi connectivity index (χ0v) is 51.2. The van der Waals surface area contributed by atoms with Crippen LogP contribution in [-0.2, 0) is 12.8 Å². The number of ether oxygens (including phenoxy) is 1. The van der Waals surface area contributed by atoms with Gasteiger partial charge >= 0.3 is 112 Å². The van der Waals surface area contributed by atoms with Gasteiger partial charge in [-0.05, 0) is 80.6 Å². The van der Waals surface area contributed by atoms with Crippen LogP contribution < -0.4 is 47.1 Å². The second-order valence-corrected chi connectivity index (χ2v) is 31.8. The predicted octanol–water partition coefficient (Wildman–Crippen LogP) is 16.8. The molecular weight excluding hydrogens is 1320 g/mol. The number of unbranched alkanes of at least 4 members (excludes halogenated alkanes) is 23. The van der Waals surface area contributed by atoms with E-state index in [0.717, 1.165) is 12.4 Å². The second kappa shape index (κ2) is 35.1. The van der Waals surface area contributed by atoms with Gasteiger partial charge in [0, 0.05) is 11.1 Å². The van der Waals surface area contributed by atoms with Crippen molar-refractivity contribution >= 4 is 27.3 Å². The minimum atomic E-state index is -11.2. The molecule has 73 heavy (non-hydrogen) atoms. The third-order valence-electron chi connectivity index (χ3n) is 11.3. The minimum absolute atomic E-state index is 0.0655. The Morgan fingerprint density at radius 3 is 1.00 bits per heavy atom. The summed E-state index contributed by atoms with van der Waals surface area (Å²) in [6.45, 7) is 7.71. The Labute approximate surface area is 454 Å². The van der Waals surface area contributed by atoms with E-state index in [2.05, 4.69) is 124 Å². The molecule has 4 aromatic carbocycles. The van der Waals surface area contributed by atoms with E-state index in [1.54, 1.807) is 18.3 Å². The van der Waals surface area contributed by atoms with Gasteiger partial charge in [0.15, 0.2) is 14.3 Å². The summed E-state index contributed by atoms with van der Waals surface area (Å²) in [7, 11) is -10.7. The van der Waals surface area contributed by atoms with Crippen molar-refractivity contribution in [1.82, 2.24) is 0 Å². The van der Waals surface area contributed by atoms with Gasteiger partial charge in [0.1, 0.15) is 5.75 Å². The zero-order chi connectivity index (χ0) is 54.5. The first kappa shape index (κ1) is 69.6. The third-order valence-corrected chi connectivity index (χ3v) is 17.2. The maximum absolute atomic E-state index is 11.2. The first-order valence-corrected chi connectivity index (χ1v) is 38.6. The van der Waals surface area contributed by atoms with E-state index in [4.69, 9.17) is 4.74 Å². The van der Waals surface area contributed by atoms with Gasteiger partial charge in [-0.2, -0.15) is 0 Å². The van der Waals surface area contributed by atoms with E-state index >= 15 is 0 Å². The molecule has 17 heteroatoms. The number of hydrogen-bond donors (Lipinski definition) is 0. The molecule has 4 rings (SSSR count). The summed E-state index contributed by atoms with van der Waals surface area (Å²) >= 11 is -11.4. The van der Waals surface area contributed by atoms with Gasteiger partial charge in [-0.3, -0.25) is 0 Å². The molecule has 4 aromatic rings. The van der Waals surface area contributed by atoms with Crippen molar-refractivity contribution in [1.29, 1.82) is 0 Å². The van der Waals surface area contributed by atoms with Crippen molar-refractivity contribution in [3.8, 4) is 5.75 Å². The molecule has 0 aliphatic heterocycles. The molecule has 0 saturated heterocycles. The van der Waals surface area contributed by atoms with E-state index in [-0.39, 0.29) is 42.4 Å². The van der Waals surface area contributed by atoms with Crippen molar-refractivity contribution in [2.45, 2.75) is 201 Å². The molecule has 1 nitrogen and oxygen atoms in total. The molecule has 0 aliphatic rings. The van der Waals surface area contributed by atoms with Crippen LogP contribution in [0, 0.1) is 14.3 Å². The molecule has 0 unspecified atom stereocenters. The molecule has 0 N–H and O–H groups in total. The van der Waals surface area contributed by atoms with E-state index in [1.807, 2.05) is 0 Å². The molecular formula is C56H84F12I2OPSb. The summed E-state index contributed by atoms with van der Waals surface area (Å²) in [5.41, 5.74) is 3.26. The van der Waals surface area contributed by atoms with Gasteiger partial charge in [0.25, 0.3) is 0 Å². The van der Waals surface area contributed by atoms with E-state index in [9.17, 15) is 42.1 Å². The van der Waals surface area contributed by atoms with Gasteiger partial charge in [0.05, 0.1) is 6.61 Å². The molecule has 0 saturated carbocycles. The van der Waals surface area contributed by atoms with Crippen molar-refractivity contribution in [2.75, 3.05) is 6.61 Å². The first-order chi connectivity index (χ1) is 34.1. The molecule has 0 heterocycles. The van der Waals surface area contributed by atoms with Crippen LogP contribution in [0.25, 0.3) is 0 Å². The van der Waals surface area contributed by atoms with Gasteiger partial charge in [-0.1, -0.05) is 223 Å². The Hall–Kier alpha value is -1.45. The normalized spacial score (nSPS) is 13.4. The van der Waals surface area contributed by atoms with Crippen LogP contribution in [0.1, 0.15) is 199 Å². The van der Waals surface area contributed by atoms with Crippen LogP contribution >= 0.6 is 7.81 Å². The maximum atomic E-state index is 9.93. The number of benzene rings is 4. The van der Waals surface area contributed by atoms with Crippen LogP contribution in [0.3, 0.4) is 0 Å². The summed E-state index contributed by atoms with van der Waals surface area (Å²) in [4.78, 5) is 0. The molecule has 0 aliphatic carbocycles. The van der Waals surface area contributed by atoms with Crippen LogP contribution in [0.15, 0.2) is 103 Å². The van der Waals surface area contributed by atoms with Gasteiger partial charge in [-0.15, -0.1) is 0 Å². The Morgan fingerprint density at radius 2 is 0.644 bits per heavy atom. The Balaban J connectivity index is 0.000000616. The molecule has 422 valence electrons. The molecule has 0 atom stereocenters. The molecule has 0 spiro atoms. The number of aryl methyl sites for hydroxylation is 2. The van der Waals surface area contributed by atoms with Crippen molar-refractivity contribution in [3.05, 3.63) is 129 Å². The third kappa shape index (κ3) is 52.4. The van der Waals surface area contributed by atoms with Crippen molar-refractivity contribution in [3.63, 3.8) is 0 Å². The molecule has 0 aromatic heterocycles. The fraction of sp³-hybridized carbons (Fsp3) is 0.571. The van der Waals surface area contributed by atoms with E-state index in [1.165, 1.54) is 187 Å². The molecule has 0 fully saturated rings. The van der Waals surface area contributed by atoms with Crippen molar-refractivity contribution in [2.24, 2.45) is 0 Å². The Morgan fingerprint density at radius 1 is 0.356 bits per heavy atom. The van der Waals surface area contributed by atoms with Crippen LogP contribution in [-0.4, -0.2) is 26.1 Å². The molecule has 0 radical (unpaired) electrons. The van der Waals surface area contributed by atoms with Crippen molar-refractivity contribution < 1.29 is 89.2 Å². The standard InChI is InChI=1S/C36H58I.C20H26IO.F6P.6FH.Sb/c1-3-5-7-9-11-13-15-17-19-21-27-33-29-23-25-31-35(33)37-36-32-26-24-30-34(36)28-22-20-18-16-14-12-10-8-6-4-2;1-2-3-4-5-6-10-17-22-20-15-13-19(14-16-20)21-18-11-8-7-9-12-18;1-7(2,3,4,5)6;;;;;;;/h23-26,29-32H,3-22,27-28H2,1-2H3;7-9,11-16H,2-6,10,17H2,1H3;;6*1H;/q2*+1;-1;;;;;;;+5/p-6. The Bertz CT molecular complexity index is 1870. The quantitative estimate of drug-likeness (QED) is 0.0149. The monoisotopic (exact) mass is 1410 g/mol. The van der Waals surface area contributed by atoms with E-state index in [0.29, 0.717) is 0 Å². The van der Waals surface area contributed by atoms with Gasteiger partial charge in [0.2, 0.25) is 0 Å². The summed E-state index contributed by atoms with van der Waals surface area (Å²) < 4.78 is 131. The Kier molecular flexibility index (Phi) is 33.5. The van der Waals surface area contributed by atoms with Crippen LogP contribution in [0.5, 0.6) is 5.75 Å². The number of hydrogen-bond acceptors (Lipinski definition) is 1. The predicted molar refractivity (Wildman–Crippen MR) is 276 cm³/mol. The average molecular weight is 1410 g/mol. The first-order valence-electron chi connectivity index (χ1n) is 26.5. The van der Waals surface area contributed by atoms with Crippen LogP contribution in [0.4, 0.5) is 42.1 Å². The molecule has 0 bridgehead atoms. The fourth-order valence-corrected chi connectivity index (χ4v) is 12.8. The van der Waals surface area contributed by atoms with Gasteiger partial charge < -0.3 is 4.74 Å². The van der Waals surface area contributed by atoms with E-state index < -0.39 is 27.3 Å². The van der Waals surface area contributed by atoms with Crippen LogP contribution in [0.2, 0.25) is 0 Å². The topological polar surface area (TPSA) is 9.23 Å². The van der Waals surface area contributed by atoms with Gasteiger partial charge in [-0.25, -0.2) is 0 Å². The fourth-order valence-electron chi connectivity index (χ4n) is 7.57. The summed E-state index contributed by atoms with van der Waals surface area (Å²) in [6.07, 6.45) is 38.8. The average Bonchev–Trinajstić information content (AvgIpc) is 3.30. The second-order valence-electron chi connectivity index (χ2n) is 18.5. The number of halogens is 14.